The minimum absolute atomic E-state index is 0.815. The molecule has 0 N–H and O–H groups in total. The third-order valence-corrected chi connectivity index (χ3v) is 5.93. The van der Waals surface area contributed by atoms with E-state index in [0.29, 0.717) is 0 Å². The first-order valence-corrected chi connectivity index (χ1v) is 8.79. The van der Waals surface area contributed by atoms with Gasteiger partial charge in [0.25, 0.3) is 0 Å². The number of nitrogens with zero attached hydrogens (tertiary/aromatic N) is 2. The minimum Gasteiger partial charge on any atom is -0.293 e. The molecular formula is C18H17ClN2S. The summed E-state index contributed by atoms with van der Waals surface area (Å²) in [5.74, 6) is 0. The lowest BCUT2D eigenvalue weighted by atomic mass is 10.1. The van der Waals surface area contributed by atoms with Crippen LogP contribution in [0.3, 0.4) is 0 Å². The van der Waals surface area contributed by atoms with Crippen LogP contribution in [0.1, 0.15) is 21.7 Å². The maximum Gasteiger partial charge on any atom is 0.0740 e. The zero-order chi connectivity index (χ0) is 15.1. The fraction of sp³-hybridized carbons (Fsp3) is 0.278. The summed E-state index contributed by atoms with van der Waals surface area (Å²) in [5, 5.41) is 4.16. The molecule has 1 aliphatic heterocycles. The zero-order valence-corrected chi connectivity index (χ0v) is 14.0. The first kappa shape index (κ1) is 14.2. The average molecular weight is 329 g/mol. The number of hydrogen-bond donors (Lipinski definition) is 0. The van der Waals surface area contributed by atoms with Crippen molar-refractivity contribution in [2.75, 3.05) is 6.54 Å². The van der Waals surface area contributed by atoms with E-state index in [1.54, 1.807) is 0 Å². The number of aryl methyl sites for hydroxylation is 1. The van der Waals surface area contributed by atoms with E-state index < -0.39 is 0 Å². The predicted octanol–water partition coefficient (Wildman–Crippen LogP) is 4.82. The molecule has 1 aliphatic rings. The molecule has 22 heavy (non-hydrogen) atoms. The third kappa shape index (κ3) is 2.43. The van der Waals surface area contributed by atoms with Gasteiger partial charge in [0.15, 0.2) is 0 Å². The zero-order valence-electron chi connectivity index (χ0n) is 12.5. The quantitative estimate of drug-likeness (QED) is 0.670. The van der Waals surface area contributed by atoms with E-state index in [2.05, 4.69) is 35.4 Å². The number of halogens is 1. The number of thiophene rings is 1. The molecular weight excluding hydrogens is 312 g/mol. The molecule has 0 spiro atoms. The maximum absolute atomic E-state index is 6.58. The van der Waals surface area contributed by atoms with Gasteiger partial charge in [-0.15, -0.1) is 11.3 Å². The maximum atomic E-state index is 6.58. The van der Waals surface area contributed by atoms with Crippen molar-refractivity contribution in [1.29, 1.82) is 0 Å². The van der Waals surface area contributed by atoms with Crippen LogP contribution in [0, 0.1) is 6.92 Å². The standard InChI is InChI=1S/C18H17ClN2S/c1-12-14-4-2-3-5-15(14)20-16(18(12)19)11-21-8-6-17-13(10-21)7-9-22-17/h2-5,7,9H,6,8,10-11H2,1H3. The number of pyridine rings is 1. The smallest absolute Gasteiger partial charge is 0.0740 e. The Balaban J connectivity index is 1.66. The average Bonchev–Trinajstić information content (AvgIpc) is 3.00. The van der Waals surface area contributed by atoms with Gasteiger partial charge in [0, 0.05) is 29.9 Å². The highest BCUT2D eigenvalue weighted by atomic mass is 35.5. The number of hydrogen-bond acceptors (Lipinski definition) is 3. The Hall–Kier alpha value is -1.42. The van der Waals surface area contributed by atoms with E-state index in [1.807, 2.05) is 23.5 Å². The lowest BCUT2D eigenvalue weighted by molar-refractivity contribution is 0.245. The first-order valence-electron chi connectivity index (χ1n) is 7.53. The van der Waals surface area contributed by atoms with Crippen LogP contribution in [0.5, 0.6) is 0 Å². The Morgan fingerprint density at radius 2 is 2.14 bits per heavy atom. The van der Waals surface area contributed by atoms with Gasteiger partial charge in [-0.2, -0.15) is 0 Å². The van der Waals surface area contributed by atoms with Gasteiger partial charge in [-0.3, -0.25) is 4.90 Å². The summed E-state index contributed by atoms with van der Waals surface area (Å²) in [6.07, 6.45) is 1.14. The fourth-order valence-corrected chi connectivity index (χ4v) is 4.27. The molecule has 0 bridgehead atoms. The van der Waals surface area contributed by atoms with Gasteiger partial charge >= 0.3 is 0 Å². The van der Waals surface area contributed by atoms with Crippen LogP contribution in [0.15, 0.2) is 35.7 Å². The molecule has 112 valence electrons. The van der Waals surface area contributed by atoms with Gasteiger partial charge in [-0.25, -0.2) is 4.98 Å². The Bertz CT molecular complexity index is 840. The van der Waals surface area contributed by atoms with Crippen molar-refractivity contribution in [2.24, 2.45) is 0 Å². The normalized spacial score (nSPS) is 15.2. The monoisotopic (exact) mass is 328 g/mol. The van der Waals surface area contributed by atoms with E-state index >= 15 is 0 Å². The summed E-state index contributed by atoms with van der Waals surface area (Å²) in [6, 6.07) is 10.5. The van der Waals surface area contributed by atoms with Crippen molar-refractivity contribution in [3.63, 3.8) is 0 Å². The highest BCUT2D eigenvalue weighted by molar-refractivity contribution is 7.10. The molecule has 2 aromatic heterocycles. The summed E-state index contributed by atoms with van der Waals surface area (Å²) in [7, 11) is 0. The lowest BCUT2D eigenvalue weighted by Gasteiger charge is -2.27. The Morgan fingerprint density at radius 1 is 1.27 bits per heavy atom. The van der Waals surface area contributed by atoms with Crippen LogP contribution in [-0.4, -0.2) is 16.4 Å². The van der Waals surface area contributed by atoms with Crippen LogP contribution in [0.2, 0.25) is 5.02 Å². The van der Waals surface area contributed by atoms with Crippen molar-refractivity contribution in [3.8, 4) is 0 Å². The molecule has 0 fully saturated rings. The molecule has 4 heteroatoms. The highest BCUT2D eigenvalue weighted by Gasteiger charge is 2.19. The van der Waals surface area contributed by atoms with Gasteiger partial charge in [0.05, 0.1) is 16.2 Å². The van der Waals surface area contributed by atoms with E-state index in [-0.39, 0.29) is 0 Å². The van der Waals surface area contributed by atoms with Crippen molar-refractivity contribution >= 4 is 33.8 Å². The topological polar surface area (TPSA) is 16.1 Å². The van der Waals surface area contributed by atoms with Crippen LogP contribution >= 0.6 is 22.9 Å². The van der Waals surface area contributed by atoms with E-state index in [4.69, 9.17) is 16.6 Å². The van der Waals surface area contributed by atoms with Crippen molar-refractivity contribution in [2.45, 2.75) is 26.4 Å². The summed E-state index contributed by atoms with van der Waals surface area (Å²) in [4.78, 5) is 8.78. The summed E-state index contributed by atoms with van der Waals surface area (Å²) in [5.41, 5.74) is 4.63. The molecule has 2 nitrogen and oxygen atoms in total. The van der Waals surface area contributed by atoms with Crippen LogP contribution in [-0.2, 0) is 19.5 Å². The van der Waals surface area contributed by atoms with Gasteiger partial charge in [-0.1, -0.05) is 29.8 Å². The minimum atomic E-state index is 0.815. The van der Waals surface area contributed by atoms with Gasteiger partial charge in [0.2, 0.25) is 0 Å². The molecule has 0 saturated carbocycles. The Morgan fingerprint density at radius 3 is 3.05 bits per heavy atom. The molecule has 0 unspecified atom stereocenters. The first-order chi connectivity index (χ1) is 10.7. The van der Waals surface area contributed by atoms with Gasteiger partial charge in [-0.05, 0) is 42.0 Å². The molecule has 0 atom stereocenters. The molecule has 3 aromatic rings. The second kappa shape index (κ2) is 5.65. The predicted molar refractivity (Wildman–Crippen MR) is 93.6 cm³/mol. The third-order valence-electron chi connectivity index (χ3n) is 4.41. The molecule has 0 radical (unpaired) electrons. The van der Waals surface area contributed by atoms with Crippen LogP contribution in [0.4, 0.5) is 0 Å². The number of benzene rings is 1. The van der Waals surface area contributed by atoms with Gasteiger partial charge in [0.1, 0.15) is 0 Å². The molecule has 0 saturated heterocycles. The molecule has 4 rings (SSSR count). The van der Waals surface area contributed by atoms with E-state index in [9.17, 15) is 0 Å². The molecule has 1 aromatic carbocycles. The van der Waals surface area contributed by atoms with Crippen molar-refractivity contribution in [1.82, 2.24) is 9.88 Å². The number of aromatic nitrogens is 1. The fourth-order valence-electron chi connectivity index (χ4n) is 3.18. The van der Waals surface area contributed by atoms with Crippen molar-refractivity contribution < 1.29 is 0 Å². The van der Waals surface area contributed by atoms with E-state index in [0.717, 1.165) is 53.2 Å². The van der Waals surface area contributed by atoms with Crippen LogP contribution in [0.25, 0.3) is 10.9 Å². The van der Waals surface area contributed by atoms with Crippen LogP contribution < -0.4 is 0 Å². The SMILES string of the molecule is Cc1c(Cl)c(CN2CCc3sccc3C2)nc2ccccc12. The summed E-state index contributed by atoms with van der Waals surface area (Å²) >= 11 is 8.46. The molecule has 0 amide bonds. The summed E-state index contributed by atoms with van der Waals surface area (Å²) in [6.45, 7) is 4.99. The lowest BCUT2D eigenvalue weighted by Crippen LogP contribution is -2.29. The Labute approximate surface area is 139 Å². The van der Waals surface area contributed by atoms with E-state index in [1.165, 1.54) is 10.4 Å². The van der Waals surface area contributed by atoms with Crippen molar-refractivity contribution in [3.05, 3.63) is 62.4 Å². The largest absolute Gasteiger partial charge is 0.293 e. The molecule has 0 aliphatic carbocycles. The highest BCUT2D eigenvalue weighted by Crippen LogP contribution is 2.30. The second-order valence-corrected chi connectivity index (χ2v) is 7.22. The van der Waals surface area contributed by atoms with Gasteiger partial charge < -0.3 is 0 Å². The number of fused-ring (bicyclic) bond motifs is 2. The summed E-state index contributed by atoms with van der Waals surface area (Å²) < 4.78 is 0. The molecule has 3 heterocycles. The second-order valence-electron chi connectivity index (χ2n) is 5.84. The number of rotatable bonds is 2. The number of para-hydroxylation sites is 1. The Kier molecular flexibility index (Phi) is 3.65.